The van der Waals surface area contributed by atoms with Crippen LogP contribution in [0.15, 0.2) is 12.4 Å². The summed E-state index contributed by atoms with van der Waals surface area (Å²) < 4.78 is 0. The van der Waals surface area contributed by atoms with Crippen LogP contribution in [0.4, 0.5) is 5.82 Å². The average Bonchev–Trinajstić information content (AvgIpc) is 2.30. The second kappa shape index (κ2) is 5.66. The van der Waals surface area contributed by atoms with Crippen LogP contribution in [-0.4, -0.2) is 22.6 Å². The largest absolute Gasteiger partial charge is 0.353 e. The van der Waals surface area contributed by atoms with Crippen LogP contribution in [-0.2, 0) is 6.54 Å². The Hall–Kier alpha value is -1.16. The van der Waals surface area contributed by atoms with Crippen molar-refractivity contribution in [1.82, 2.24) is 9.97 Å². The third-order valence-corrected chi connectivity index (χ3v) is 2.68. The third-order valence-electron chi connectivity index (χ3n) is 2.68. The summed E-state index contributed by atoms with van der Waals surface area (Å²) in [6, 6.07) is 0.469. The zero-order valence-corrected chi connectivity index (χ0v) is 9.77. The van der Waals surface area contributed by atoms with Gasteiger partial charge in [-0.15, -0.1) is 0 Å². The lowest BCUT2D eigenvalue weighted by atomic mass is 10.2. The fourth-order valence-corrected chi connectivity index (χ4v) is 1.63. The molecule has 1 heterocycles. The second-order valence-electron chi connectivity index (χ2n) is 3.57. The van der Waals surface area contributed by atoms with E-state index in [1.165, 1.54) is 0 Å². The average molecular weight is 208 g/mol. The lowest BCUT2D eigenvalue weighted by Gasteiger charge is -2.29. The molecular weight excluding hydrogens is 188 g/mol. The molecule has 0 amide bonds. The zero-order chi connectivity index (χ0) is 11.3. The molecule has 0 saturated carbocycles. The highest BCUT2D eigenvalue weighted by atomic mass is 15.2. The van der Waals surface area contributed by atoms with E-state index in [1.807, 2.05) is 0 Å². The minimum atomic E-state index is 0.441. The molecule has 1 aromatic rings. The maximum atomic E-state index is 5.66. The van der Waals surface area contributed by atoms with E-state index >= 15 is 0 Å². The van der Waals surface area contributed by atoms with Crippen molar-refractivity contribution < 1.29 is 0 Å². The van der Waals surface area contributed by atoms with E-state index in [1.54, 1.807) is 12.4 Å². The van der Waals surface area contributed by atoms with E-state index in [0.29, 0.717) is 12.6 Å². The Balaban J connectivity index is 3.00. The summed E-state index contributed by atoms with van der Waals surface area (Å²) in [5.41, 5.74) is 6.53. The molecule has 0 spiro atoms. The van der Waals surface area contributed by atoms with Crippen LogP contribution in [0.3, 0.4) is 0 Å². The van der Waals surface area contributed by atoms with Gasteiger partial charge in [0.05, 0.1) is 5.69 Å². The normalized spacial score (nSPS) is 12.5. The molecule has 2 N–H and O–H groups in total. The van der Waals surface area contributed by atoms with Gasteiger partial charge in [0.2, 0.25) is 0 Å². The molecule has 1 aromatic heterocycles. The fourth-order valence-electron chi connectivity index (χ4n) is 1.63. The van der Waals surface area contributed by atoms with Crippen molar-refractivity contribution in [3.05, 3.63) is 18.1 Å². The molecule has 84 valence electrons. The molecule has 1 rings (SSSR count). The van der Waals surface area contributed by atoms with Crippen molar-refractivity contribution in [2.75, 3.05) is 11.4 Å². The Morgan fingerprint density at radius 3 is 2.53 bits per heavy atom. The van der Waals surface area contributed by atoms with Gasteiger partial charge in [-0.3, -0.25) is 4.98 Å². The first kappa shape index (κ1) is 11.9. The van der Waals surface area contributed by atoms with Gasteiger partial charge >= 0.3 is 0 Å². The first-order chi connectivity index (χ1) is 7.24. The van der Waals surface area contributed by atoms with Crippen molar-refractivity contribution in [3.8, 4) is 0 Å². The number of nitrogens with zero attached hydrogens (tertiary/aromatic N) is 3. The third kappa shape index (κ3) is 2.65. The van der Waals surface area contributed by atoms with Crippen LogP contribution in [0, 0.1) is 0 Å². The van der Waals surface area contributed by atoms with Gasteiger partial charge in [0.15, 0.2) is 5.82 Å². The Bertz CT molecular complexity index is 300. The zero-order valence-electron chi connectivity index (χ0n) is 9.77. The summed E-state index contributed by atoms with van der Waals surface area (Å²) in [5, 5.41) is 0. The number of hydrogen-bond acceptors (Lipinski definition) is 4. The van der Waals surface area contributed by atoms with Crippen LogP contribution in [0.5, 0.6) is 0 Å². The van der Waals surface area contributed by atoms with Crippen molar-refractivity contribution >= 4 is 5.82 Å². The molecule has 0 saturated heterocycles. The molecular formula is C11H20N4. The smallest absolute Gasteiger partial charge is 0.151 e. The molecule has 1 unspecified atom stereocenters. The highest BCUT2D eigenvalue weighted by molar-refractivity contribution is 5.43. The SMILES string of the molecule is CCC(C)N(CC)c1nccnc1CN. The standard InChI is InChI=1S/C11H20N4/c1-4-9(3)15(5-2)11-10(8-12)13-6-7-14-11/h6-7,9H,4-5,8,12H2,1-3H3. The minimum absolute atomic E-state index is 0.441. The van der Waals surface area contributed by atoms with E-state index in [9.17, 15) is 0 Å². The van der Waals surface area contributed by atoms with Gasteiger partial charge < -0.3 is 10.6 Å². The fraction of sp³-hybridized carbons (Fsp3) is 0.636. The summed E-state index contributed by atoms with van der Waals surface area (Å²) in [6.07, 6.45) is 4.50. The summed E-state index contributed by atoms with van der Waals surface area (Å²) >= 11 is 0. The van der Waals surface area contributed by atoms with Crippen molar-refractivity contribution in [2.24, 2.45) is 5.73 Å². The van der Waals surface area contributed by atoms with Gasteiger partial charge in [-0.25, -0.2) is 4.98 Å². The van der Waals surface area contributed by atoms with Crippen LogP contribution in [0.25, 0.3) is 0 Å². The molecule has 15 heavy (non-hydrogen) atoms. The first-order valence-electron chi connectivity index (χ1n) is 5.51. The van der Waals surface area contributed by atoms with E-state index in [4.69, 9.17) is 5.73 Å². The lowest BCUT2D eigenvalue weighted by Crippen LogP contribution is -2.34. The minimum Gasteiger partial charge on any atom is -0.353 e. The highest BCUT2D eigenvalue weighted by Gasteiger charge is 2.15. The summed E-state index contributed by atoms with van der Waals surface area (Å²) in [7, 11) is 0. The predicted octanol–water partition coefficient (Wildman–Crippen LogP) is 1.56. The molecule has 1 atom stereocenters. The van der Waals surface area contributed by atoms with E-state index in [-0.39, 0.29) is 0 Å². The molecule has 0 aliphatic heterocycles. The van der Waals surface area contributed by atoms with Crippen LogP contribution < -0.4 is 10.6 Å². The lowest BCUT2D eigenvalue weighted by molar-refractivity contribution is 0.617. The summed E-state index contributed by atoms with van der Waals surface area (Å²) in [6.45, 7) is 7.86. The van der Waals surface area contributed by atoms with Crippen LogP contribution >= 0.6 is 0 Å². The molecule has 0 radical (unpaired) electrons. The van der Waals surface area contributed by atoms with Gasteiger partial charge in [0.1, 0.15) is 0 Å². The summed E-state index contributed by atoms with van der Waals surface area (Å²) in [5.74, 6) is 0.928. The topological polar surface area (TPSA) is 55.0 Å². The monoisotopic (exact) mass is 208 g/mol. The van der Waals surface area contributed by atoms with Gasteiger partial charge in [-0.05, 0) is 20.3 Å². The Kier molecular flexibility index (Phi) is 4.49. The number of aromatic nitrogens is 2. The van der Waals surface area contributed by atoms with Crippen molar-refractivity contribution in [3.63, 3.8) is 0 Å². The number of nitrogens with two attached hydrogens (primary N) is 1. The quantitative estimate of drug-likeness (QED) is 0.798. The van der Waals surface area contributed by atoms with Crippen LogP contribution in [0.2, 0.25) is 0 Å². The molecule has 0 aliphatic rings. The maximum Gasteiger partial charge on any atom is 0.151 e. The summed E-state index contributed by atoms with van der Waals surface area (Å²) in [4.78, 5) is 10.9. The van der Waals surface area contributed by atoms with Crippen LogP contribution in [0.1, 0.15) is 32.9 Å². The number of rotatable bonds is 5. The van der Waals surface area contributed by atoms with Gasteiger partial charge in [-0.2, -0.15) is 0 Å². The van der Waals surface area contributed by atoms with E-state index in [2.05, 4.69) is 35.6 Å². The number of anilines is 1. The van der Waals surface area contributed by atoms with E-state index in [0.717, 1.165) is 24.5 Å². The van der Waals surface area contributed by atoms with Gasteiger partial charge in [-0.1, -0.05) is 6.92 Å². The molecule has 0 aromatic carbocycles. The molecule has 0 aliphatic carbocycles. The molecule has 4 heteroatoms. The predicted molar refractivity (Wildman–Crippen MR) is 62.7 cm³/mol. The van der Waals surface area contributed by atoms with Gasteiger partial charge in [0, 0.05) is 31.5 Å². The Morgan fingerprint density at radius 2 is 2.00 bits per heavy atom. The van der Waals surface area contributed by atoms with Crippen molar-refractivity contribution in [1.29, 1.82) is 0 Å². The van der Waals surface area contributed by atoms with Gasteiger partial charge in [0.25, 0.3) is 0 Å². The van der Waals surface area contributed by atoms with Crippen molar-refractivity contribution in [2.45, 2.75) is 39.8 Å². The first-order valence-corrected chi connectivity index (χ1v) is 5.51. The van der Waals surface area contributed by atoms with E-state index < -0.39 is 0 Å². The second-order valence-corrected chi connectivity index (χ2v) is 3.57. The molecule has 4 nitrogen and oxygen atoms in total. The highest BCUT2D eigenvalue weighted by Crippen LogP contribution is 2.18. The Morgan fingerprint density at radius 1 is 1.33 bits per heavy atom. The molecule has 0 bridgehead atoms. The number of hydrogen-bond donors (Lipinski definition) is 1. The maximum absolute atomic E-state index is 5.66. The molecule has 0 fully saturated rings. The Labute approximate surface area is 91.5 Å².